The molecule has 0 saturated carbocycles. The van der Waals surface area contributed by atoms with Crippen LogP contribution in [0.2, 0.25) is 0 Å². The van der Waals surface area contributed by atoms with Gasteiger partial charge in [0.25, 0.3) is 0 Å². The maximum atomic E-state index is 11.8. The van der Waals surface area contributed by atoms with Crippen molar-refractivity contribution in [2.45, 2.75) is 46.2 Å². The summed E-state index contributed by atoms with van der Waals surface area (Å²) in [5.74, 6) is 0.914. The fourth-order valence-electron chi connectivity index (χ4n) is 2.55. The molecule has 0 radical (unpaired) electrons. The van der Waals surface area contributed by atoms with Crippen LogP contribution in [0, 0.1) is 11.8 Å². The molecular formula is C12H23NO2. The van der Waals surface area contributed by atoms with E-state index in [1.165, 1.54) is 7.11 Å². The second-order valence-corrected chi connectivity index (χ2v) is 5.00. The fourth-order valence-corrected chi connectivity index (χ4v) is 2.55. The lowest BCUT2D eigenvalue weighted by Crippen LogP contribution is -2.45. The number of esters is 1. The van der Waals surface area contributed by atoms with Crippen LogP contribution in [0.5, 0.6) is 0 Å². The first-order valence-corrected chi connectivity index (χ1v) is 5.82. The van der Waals surface area contributed by atoms with Crippen LogP contribution in [0.1, 0.15) is 34.1 Å². The van der Waals surface area contributed by atoms with Crippen molar-refractivity contribution in [3.8, 4) is 0 Å². The van der Waals surface area contributed by atoms with E-state index in [4.69, 9.17) is 4.74 Å². The molecule has 2 atom stereocenters. The second-order valence-electron chi connectivity index (χ2n) is 5.00. The van der Waals surface area contributed by atoms with Gasteiger partial charge in [-0.05, 0) is 38.6 Å². The molecule has 0 aliphatic carbocycles. The smallest absolute Gasteiger partial charge is 0.323 e. The Morgan fingerprint density at radius 3 is 2.33 bits per heavy atom. The van der Waals surface area contributed by atoms with Crippen LogP contribution in [0.4, 0.5) is 0 Å². The van der Waals surface area contributed by atoms with E-state index in [9.17, 15) is 4.79 Å². The Kier molecular flexibility index (Phi) is 4.14. The van der Waals surface area contributed by atoms with Gasteiger partial charge in [-0.1, -0.05) is 13.8 Å². The van der Waals surface area contributed by atoms with Gasteiger partial charge < -0.3 is 4.74 Å². The van der Waals surface area contributed by atoms with Crippen molar-refractivity contribution >= 4 is 5.97 Å². The first kappa shape index (κ1) is 12.5. The highest BCUT2D eigenvalue weighted by atomic mass is 16.5. The van der Waals surface area contributed by atoms with Crippen LogP contribution in [0.3, 0.4) is 0 Å². The standard InChI is InChI=1S/C12H23NO2/c1-8(2)10-6-7-13(9(3)4)11(10)12(14)15-5/h8-11H,6-7H2,1-5H3. The minimum atomic E-state index is -0.0695. The van der Waals surface area contributed by atoms with Crippen LogP contribution in [0.25, 0.3) is 0 Å². The predicted octanol–water partition coefficient (Wildman–Crippen LogP) is 1.91. The molecule has 1 heterocycles. The van der Waals surface area contributed by atoms with Gasteiger partial charge in [0.05, 0.1) is 7.11 Å². The largest absolute Gasteiger partial charge is 0.468 e. The number of rotatable bonds is 3. The summed E-state index contributed by atoms with van der Waals surface area (Å²) in [6.45, 7) is 9.66. The van der Waals surface area contributed by atoms with Crippen molar-refractivity contribution in [3.63, 3.8) is 0 Å². The Labute approximate surface area is 92.8 Å². The molecule has 0 amide bonds. The van der Waals surface area contributed by atoms with Crippen LogP contribution in [-0.2, 0) is 9.53 Å². The van der Waals surface area contributed by atoms with Gasteiger partial charge in [-0.15, -0.1) is 0 Å². The molecule has 0 aromatic rings. The molecule has 0 bridgehead atoms. The SMILES string of the molecule is COC(=O)C1C(C(C)C)CCN1C(C)C. The van der Waals surface area contributed by atoms with Gasteiger partial charge in [0, 0.05) is 6.04 Å². The number of methoxy groups -OCH3 is 1. The van der Waals surface area contributed by atoms with Crippen molar-refractivity contribution < 1.29 is 9.53 Å². The van der Waals surface area contributed by atoms with Crippen LogP contribution >= 0.6 is 0 Å². The molecule has 3 nitrogen and oxygen atoms in total. The summed E-state index contributed by atoms with van der Waals surface area (Å²) >= 11 is 0. The third kappa shape index (κ3) is 2.51. The van der Waals surface area contributed by atoms with Crippen LogP contribution < -0.4 is 0 Å². The van der Waals surface area contributed by atoms with Gasteiger partial charge >= 0.3 is 5.97 Å². The Morgan fingerprint density at radius 1 is 1.33 bits per heavy atom. The van der Waals surface area contributed by atoms with Gasteiger partial charge in [-0.25, -0.2) is 0 Å². The van der Waals surface area contributed by atoms with Crippen molar-refractivity contribution in [2.75, 3.05) is 13.7 Å². The van der Waals surface area contributed by atoms with E-state index in [-0.39, 0.29) is 12.0 Å². The lowest BCUT2D eigenvalue weighted by atomic mass is 9.88. The summed E-state index contributed by atoms with van der Waals surface area (Å²) in [5.41, 5.74) is 0. The van der Waals surface area contributed by atoms with Crippen LogP contribution in [0.15, 0.2) is 0 Å². The van der Waals surface area contributed by atoms with Crippen molar-refractivity contribution in [1.29, 1.82) is 0 Å². The summed E-state index contributed by atoms with van der Waals surface area (Å²) in [7, 11) is 1.48. The van der Waals surface area contributed by atoms with E-state index in [2.05, 4.69) is 32.6 Å². The van der Waals surface area contributed by atoms with Gasteiger partial charge in [-0.2, -0.15) is 0 Å². The van der Waals surface area contributed by atoms with E-state index in [1.54, 1.807) is 0 Å². The molecule has 0 N–H and O–H groups in total. The van der Waals surface area contributed by atoms with E-state index >= 15 is 0 Å². The molecule has 15 heavy (non-hydrogen) atoms. The van der Waals surface area contributed by atoms with Gasteiger partial charge in [-0.3, -0.25) is 9.69 Å². The minimum Gasteiger partial charge on any atom is -0.468 e. The zero-order valence-electron chi connectivity index (χ0n) is 10.5. The predicted molar refractivity (Wildman–Crippen MR) is 60.6 cm³/mol. The quantitative estimate of drug-likeness (QED) is 0.671. The zero-order valence-corrected chi connectivity index (χ0v) is 10.5. The zero-order chi connectivity index (χ0) is 11.6. The highest BCUT2D eigenvalue weighted by Crippen LogP contribution is 2.32. The maximum absolute atomic E-state index is 11.8. The summed E-state index contributed by atoms with van der Waals surface area (Å²) in [6, 6.07) is 0.382. The fraction of sp³-hybridized carbons (Fsp3) is 0.917. The highest BCUT2D eigenvalue weighted by Gasteiger charge is 2.42. The number of hydrogen-bond acceptors (Lipinski definition) is 3. The Morgan fingerprint density at radius 2 is 1.93 bits per heavy atom. The van der Waals surface area contributed by atoms with Crippen LogP contribution in [-0.4, -0.2) is 36.6 Å². The van der Waals surface area contributed by atoms with E-state index in [0.717, 1.165) is 13.0 Å². The number of carbonyl (C=O) groups excluding carboxylic acids is 1. The monoisotopic (exact) mass is 213 g/mol. The number of nitrogens with zero attached hydrogens (tertiary/aromatic N) is 1. The molecule has 88 valence electrons. The Bertz CT molecular complexity index is 210. The first-order chi connectivity index (χ1) is 6.99. The lowest BCUT2D eigenvalue weighted by molar-refractivity contribution is -0.148. The molecule has 0 spiro atoms. The number of ether oxygens (including phenoxy) is 1. The van der Waals surface area contributed by atoms with Gasteiger partial charge in [0.15, 0.2) is 0 Å². The number of carbonyl (C=O) groups is 1. The molecule has 1 rings (SSSR count). The topological polar surface area (TPSA) is 29.5 Å². The number of likely N-dealkylation sites (tertiary alicyclic amines) is 1. The minimum absolute atomic E-state index is 0.0324. The third-order valence-electron chi connectivity index (χ3n) is 3.45. The molecule has 1 aliphatic heterocycles. The summed E-state index contributed by atoms with van der Waals surface area (Å²) in [5, 5.41) is 0. The van der Waals surface area contributed by atoms with E-state index in [0.29, 0.717) is 17.9 Å². The molecule has 1 saturated heterocycles. The first-order valence-electron chi connectivity index (χ1n) is 5.82. The second kappa shape index (κ2) is 4.97. The van der Waals surface area contributed by atoms with Gasteiger partial charge in [0.1, 0.15) is 6.04 Å². The molecule has 2 unspecified atom stereocenters. The Balaban J connectivity index is 2.82. The van der Waals surface area contributed by atoms with Crippen molar-refractivity contribution in [3.05, 3.63) is 0 Å². The average Bonchev–Trinajstić information content (AvgIpc) is 2.60. The molecule has 1 fully saturated rings. The average molecular weight is 213 g/mol. The lowest BCUT2D eigenvalue weighted by Gasteiger charge is -2.30. The molecule has 1 aliphatic rings. The molecule has 0 aromatic heterocycles. The normalized spacial score (nSPS) is 27.7. The molecule has 0 aromatic carbocycles. The molecular weight excluding hydrogens is 190 g/mol. The van der Waals surface area contributed by atoms with E-state index in [1.807, 2.05) is 0 Å². The third-order valence-corrected chi connectivity index (χ3v) is 3.45. The Hall–Kier alpha value is -0.570. The van der Waals surface area contributed by atoms with E-state index < -0.39 is 0 Å². The summed E-state index contributed by atoms with van der Waals surface area (Å²) < 4.78 is 4.91. The van der Waals surface area contributed by atoms with Crippen molar-refractivity contribution in [1.82, 2.24) is 4.90 Å². The highest BCUT2D eigenvalue weighted by molar-refractivity contribution is 5.76. The summed E-state index contributed by atoms with van der Waals surface area (Å²) in [6.07, 6.45) is 1.11. The maximum Gasteiger partial charge on any atom is 0.323 e. The molecule has 3 heteroatoms. The summed E-state index contributed by atoms with van der Waals surface area (Å²) in [4.78, 5) is 14.0. The van der Waals surface area contributed by atoms with Gasteiger partial charge in [0.2, 0.25) is 0 Å². The number of hydrogen-bond donors (Lipinski definition) is 0. The van der Waals surface area contributed by atoms with Crippen molar-refractivity contribution in [2.24, 2.45) is 11.8 Å².